The molecule has 0 unspecified atom stereocenters. The van der Waals surface area contributed by atoms with E-state index in [1.807, 2.05) is 28.4 Å². The minimum atomic E-state index is -4.73. The van der Waals surface area contributed by atoms with Crippen LogP contribution in [0.4, 0.5) is 13.2 Å². The van der Waals surface area contributed by atoms with E-state index in [0.717, 1.165) is 22.3 Å². The number of fused-ring (bicyclic) bond motifs is 1. The molecule has 9 heteroatoms. The highest BCUT2D eigenvalue weighted by molar-refractivity contribution is 5.98. The van der Waals surface area contributed by atoms with Crippen molar-refractivity contribution in [2.75, 3.05) is 0 Å². The molecule has 0 aliphatic carbocycles. The maximum Gasteiger partial charge on any atom is 0.573 e. The number of nitrogens with zero attached hydrogens (tertiary/aromatic N) is 4. The molecule has 0 atom stereocenters. The average molecular weight is 387 g/mol. The molecule has 0 aliphatic heterocycles. The number of aryl methyl sites for hydroxylation is 1. The molecule has 2 aromatic carbocycles. The summed E-state index contributed by atoms with van der Waals surface area (Å²) < 4.78 is 44.9. The molecule has 2 aromatic heterocycles. The molecule has 0 bridgehead atoms. The van der Waals surface area contributed by atoms with Gasteiger partial charge >= 0.3 is 6.36 Å². The van der Waals surface area contributed by atoms with Gasteiger partial charge in [-0.3, -0.25) is 0 Å². The summed E-state index contributed by atoms with van der Waals surface area (Å²) in [6, 6.07) is 7.61. The number of ether oxygens (including phenoxy) is 1. The number of benzene rings is 2. The minimum absolute atomic E-state index is 0.275. The lowest BCUT2D eigenvalue weighted by atomic mass is 9.99. The summed E-state index contributed by atoms with van der Waals surface area (Å²) in [4.78, 5) is 8.60. The van der Waals surface area contributed by atoms with Gasteiger partial charge in [0.05, 0.1) is 29.4 Å². The van der Waals surface area contributed by atoms with Crippen LogP contribution in [0.3, 0.4) is 0 Å². The highest BCUT2D eigenvalue weighted by Gasteiger charge is 2.31. The molecule has 0 amide bonds. The SMILES string of the molecule is Cn1cnc2c(-c3ccc(OC(F)(F)F)cc3)cc(CN)c(-n3ccnc3)c21. The largest absolute Gasteiger partial charge is 0.573 e. The summed E-state index contributed by atoms with van der Waals surface area (Å²) in [7, 11) is 1.88. The van der Waals surface area contributed by atoms with E-state index in [-0.39, 0.29) is 12.3 Å². The van der Waals surface area contributed by atoms with Crippen LogP contribution in [-0.4, -0.2) is 25.5 Å². The number of nitrogens with two attached hydrogens (primary N) is 1. The molecule has 2 N–H and O–H groups in total. The van der Waals surface area contributed by atoms with Gasteiger partial charge in [-0.2, -0.15) is 0 Å². The zero-order chi connectivity index (χ0) is 19.9. The fourth-order valence-corrected chi connectivity index (χ4v) is 3.26. The molecular formula is C19H16F3N5O. The molecule has 0 saturated carbocycles. The molecule has 4 aromatic rings. The summed E-state index contributed by atoms with van der Waals surface area (Å²) in [6.45, 7) is 0.275. The lowest BCUT2D eigenvalue weighted by Gasteiger charge is -2.15. The van der Waals surface area contributed by atoms with E-state index in [1.165, 1.54) is 12.1 Å². The van der Waals surface area contributed by atoms with Crippen molar-refractivity contribution >= 4 is 11.0 Å². The van der Waals surface area contributed by atoms with Gasteiger partial charge in [-0.05, 0) is 29.3 Å². The van der Waals surface area contributed by atoms with Crippen LogP contribution in [0.1, 0.15) is 5.56 Å². The second-order valence-corrected chi connectivity index (χ2v) is 6.23. The quantitative estimate of drug-likeness (QED) is 0.579. The first-order chi connectivity index (χ1) is 13.4. The van der Waals surface area contributed by atoms with Crippen LogP contribution >= 0.6 is 0 Å². The van der Waals surface area contributed by atoms with E-state index in [9.17, 15) is 13.2 Å². The molecule has 0 saturated heterocycles. The highest BCUT2D eigenvalue weighted by Crippen LogP contribution is 2.35. The van der Waals surface area contributed by atoms with Crippen molar-refractivity contribution < 1.29 is 17.9 Å². The zero-order valence-corrected chi connectivity index (χ0v) is 14.8. The van der Waals surface area contributed by atoms with Crippen molar-refractivity contribution in [3.05, 3.63) is 60.9 Å². The van der Waals surface area contributed by atoms with Gasteiger partial charge in [0, 0.05) is 31.5 Å². The predicted octanol–water partition coefficient (Wildman–Crippen LogP) is 3.78. The lowest BCUT2D eigenvalue weighted by molar-refractivity contribution is -0.274. The van der Waals surface area contributed by atoms with Gasteiger partial charge in [0.15, 0.2) is 0 Å². The van der Waals surface area contributed by atoms with E-state index < -0.39 is 6.36 Å². The monoisotopic (exact) mass is 387 g/mol. The third kappa shape index (κ3) is 3.20. The maximum atomic E-state index is 12.4. The first kappa shape index (κ1) is 18.1. The minimum Gasteiger partial charge on any atom is -0.406 e. The third-order valence-corrected chi connectivity index (χ3v) is 4.42. The van der Waals surface area contributed by atoms with E-state index in [0.29, 0.717) is 11.1 Å². The van der Waals surface area contributed by atoms with Crippen LogP contribution in [0.15, 0.2) is 55.4 Å². The van der Waals surface area contributed by atoms with Gasteiger partial charge < -0.3 is 19.6 Å². The normalized spacial score (nSPS) is 11.9. The Morgan fingerprint density at radius 2 is 1.89 bits per heavy atom. The summed E-state index contributed by atoms with van der Waals surface area (Å²) in [6.07, 6.45) is 2.15. The Balaban J connectivity index is 1.88. The smallest absolute Gasteiger partial charge is 0.406 e. The third-order valence-electron chi connectivity index (χ3n) is 4.42. The molecule has 0 fully saturated rings. The summed E-state index contributed by atoms with van der Waals surface area (Å²) in [5, 5.41) is 0. The van der Waals surface area contributed by atoms with Crippen LogP contribution in [0.5, 0.6) is 5.75 Å². The van der Waals surface area contributed by atoms with Gasteiger partial charge in [0.1, 0.15) is 5.75 Å². The van der Waals surface area contributed by atoms with E-state index in [2.05, 4.69) is 14.7 Å². The molecule has 28 heavy (non-hydrogen) atoms. The Bertz CT molecular complexity index is 1120. The van der Waals surface area contributed by atoms with Crippen molar-refractivity contribution in [3.8, 4) is 22.6 Å². The van der Waals surface area contributed by atoms with Crippen molar-refractivity contribution in [2.24, 2.45) is 12.8 Å². The number of hydrogen-bond acceptors (Lipinski definition) is 4. The Kier molecular flexibility index (Phi) is 4.31. The molecule has 0 spiro atoms. The molecule has 0 radical (unpaired) electrons. The Hall–Kier alpha value is -3.33. The number of aromatic nitrogens is 4. The second kappa shape index (κ2) is 6.68. The maximum absolute atomic E-state index is 12.4. The van der Waals surface area contributed by atoms with Crippen molar-refractivity contribution in [3.63, 3.8) is 0 Å². The Labute approximate surface area is 158 Å². The van der Waals surface area contributed by atoms with E-state index >= 15 is 0 Å². The van der Waals surface area contributed by atoms with Gasteiger partial charge in [0.2, 0.25) is 0 Å². The van der Waals surface area contributed by atoms with Crippen LogP contribution in [0, 0.1) is 0 Å². The van der Waals surface area contributed by atoms with Gasteiger partial charge in [-0.15, -0.1) is 13.2 Å². The van der Waals surface area contributed by atoms with Crippen LogP contribution in [0.2, 0.25) is 0 Å². The van der Waals surface area contributed by atoms with Crippen molar-refractivity contribution in [1.82, 2.24) is 19.1 Å². The first-order valence-electron chi connectivity index (χ1n) is 8.39. The van der Waals surface area contributed by atoms with Crippen LogP contribution < -0.4 is 10.5 Å². The Morgan fingerprint density at radius 3 is 2.50 bits per heavy atom. The average Bonchev–Trinajstić information content (AvgIpc) is 3.30. The van der Waals surface area contributed by atoms with Gasteiger partial charge in [-0.25, -0.2) is 9.97 Å². The molecular weight excluding hydrogens is 371 g/mol. The molecule has 4 rings (SSSR count). The number of alkyl halides is 3. The van der Waals surface area contributed by atoms with Crippen molar-refractivity contribution in [2.45, 2.75) is 12.9 Å². The molecule has 144 valence electrons. The number of hydrogen-bond donors (Lipinski definition) is 1. The highest BCUT2D eigenvalue weighted by atomic mass is 19.4. The van der Waals surface area contributed by atoms with Gasteiger partial charge in [-0.1, -0.05) is 12.1 Å². The van der Waals surface area contributed by atoms with Gasteiger partial charge in [0.25, 0.3) is 0 Å². The summed E-state index contributed by atoms with van der Waals surface area (Å²) >= 11 is 0. The number of rotatable bonds is 4. The fourth-order valence-electron chi connectivity index (χ4n) is 3.26. The molecule has 0 aliphatic rings. The van der Waals surface area contributed by atoms with Crippen LogP contribution in [0.25, 0.3) is 27.8 Å². The Morgan fingerprint density at radius 1 is 1.14 bits per heavy atom. The topological polar surface area (TPSA) is 70.9 Å². The van der Waals surface area contributed by atoms with E-state index in [1.54, 1.807) is 31.0 Å². The zero-order valence-electron chi connectivity index (χ0n) is 14.8. The number of imidazole rings is 2. The fraction of sp³-hybridized carbons (Fsp3) is 0.158. The molecule has 6 nitrogen and oxygen atoms in total. The van der Waals surface area contributed by atoms with E-state index in [4.69, 9.17) is 5.73 Å². The van der Waals surface area contributed by atoms with Crippen LogP contribution in [-0.2, 0) is 13.6 Å². The van der Waals surface area contributed by atoms with Crippen molar-refractivity contribution in [1.29, 1.82) is 0 Å². The first-order valence-corrected chi connectivity index (χ1v) is 8.39. The summed E-state index contributed by atoms with van der Waals surface area (Å²) in [5.41, 5.74) is 10.8. The molecule has 2 heterocycles. The predicted molar refractivity (Wildman–Crippen MR) is 97.8 cm³/mol. The standard InChI is InChI=1S/C19H16F3N5O/c1-26-11-25-16-15(12-2-4-14(5-3-12)28-19(20,21)22)8-13(9-23)17(18(16)26)27-7-6-24-10-27/h2-8,10-11H,9,23H2,1H3. The second-order valence-electron chi connectivity index (χ2n) is 6.23. The number of halogens is 3. The summed E-state index contributed by atoms with van der Waals surface area (Å²) in [5.74, 6) is -0.275. The lowest BCUT2D eigenvalue weighted by Crippen LogP contribution is -2.16.